The van der Waals surface area contributed by atoms with Gasteiger partial charge in [0.05, 0.1) is 11.3 Å². The van der Waals surface area contributed by atoms with Gasteiger partial charge in [-0.05, 0) is 48.3 Å². The number of carbonyl (C=O) groups is 2. The lowest BCUT2D eigenvalue weighted by molar-refractivity contribution is -0.123. The van der Waals surface area contributed by atoms with E-state index < -0.39 is 0 Å². The highest BCUT2D eigenvalue weighted by molar-refractivity contribution is 7.16. The summed E-state index contributed by atoms with van der Waals surface area (Å²) in [5.41, 5.74) is 2.44. The molecule has 0 fully saturated rings. The molecule has 2 aliphatic rings. The molecule has 7 heteroatoms. The van der Waals surface area contributed by atoms with Gasteiger partial charge in [0.2, 0.25) is 5.91 Å². The number of rotatable bonds is 3. The summed E-state index contributed by atoms with van der Waals surface area (Å²) in [6.45, 7) is 6.55. The Bertz CT molecular complexity index is 1040. The smallest absolute Gasteiger partial charge is 0.265 e. The van der Waals surface area contributed by atoms with Crippen molar-refractivity contribution in [2.45, 2.75) is 40.0 Å². The maximum absolute atomic E-state index is 12.8. The Morgan fingerprint density at radius 2 is 2.13 bits per heavy atom. The predicted molar refractivity (Wildman–Crippen MR) is 117 cm³/mol. The lowest BCUT2D eigenvalue weighted by Gasteiger charge is -2.33. The van der Waals surface area contributed by atoms with Gasteiger partial charge in [-0.1, -0.05) is 32.9 Å². The minimum Gasteiger partial charge on any atom is -0.482 e. The Morgan fingerprint density at radius 1 is 1.37 bits per heavy atom. The van der Waals surface area contributed by atoms with Crippen LogP contribution in [0.15, 0.2) is 24.3 Å². The summed E-state index contributed by atoms with van der Waals surface area (Å²) in [4.78, 5) is 27.7. The van der Waals surface area contributed by atoms with E-state index in [0.29, 0.717) is 27.9 Å². The number of anilines is 2. The molecule has 0 saturated heterocycles. The van der Waals surface area contributed by atoms with Crippen LogP contribution in [0, 0.1) is 22.7 Å². The molecule has 0 spiro atoms. The monoisotopic (exact) mass is 423 g/mol. The summed E-state index contributed by atoms with van der Waals surface area (Å²) in [5, 5.41) is 13.2. The number of hydrogen-bond donors (Lipinski definition) is 1. The molecule has 0 radical (unpaired) electrons. The lowest BCUT2D eigenvalue weighted by Crippen LogP contribution is -2.43. The number of amides is 2. The first-order valence-electron chi connectivity index (χ1n) is 10.1. The van der Waals surface area contributed by atoms with Gasteiger partial charge in [-0.15, -0.1) is 11.3 Å². The molecule has 1 aromatic heterocycles. The third-order valence-corrected chi connectivity index (χ3v) is 7.13. The molecule has 30 heavy (non-hydrogen) atoms. The molecule has 0 unspecified atom stereocenters. The van der Waals surface area contributed by atoms with Crippen molar-refractivity contribution in [3.63, 3.8) is 0 Å². The summed E-state index contributed by atoms with van der Waals surface area (Å²) in [5.74, 6) is 0.564. The minimum atomic E-state index is -0.317. The summed E-state index contributed by atoms with van der Waals surface area (Å²) in [7, 11) is 0. The molecule has 0 saturated carbocycles. The van der Waals surface area contributed by atoms with Crippen molar-refractivity contribution in [2.75, 3.05) is 23.4 Å². The zero-order valence-electron chi connectivity index (χ0n) is 17.4. The molecule has 0 bridgehead atoms. The van der Waals surface area contributed by atoms with Gasteiger partial charge >= 0.3 is 0 Å². The van der Waals surface area contributed by atoms with Crippen molar-refractivity contribution < 1.29 is 14.3 Å². The van der Waals surface area contributed by atoms with Crippen LogP contribution in [0.25, 0.3) is 0 Å². The highest BCUT2D eigenvalue weighted by Gasteiger charge is 2.33. The normalized spacial score (nSPS) is 18.1. The number of fused-ring (bicyclic) bond motifs is 2. The first kappa shape index (κ1) is 20.4. The summed E-state index contributed by atoms with van der Waals surface area (Å²) in [6.07, 6.45) is 2.85. The largest absolute Gasteiger partial charge is 0.482 e. The number of nitrogens with zero attached hydrogens (tertiary/aromatic N) is 2. The van der Waals surface area contributed by atoms with Crippen LogP contribution < -0.4 is 15.0 Å². The van der Waals surface area contributed by atoms with Gasteiger partial charge in [-0.2, -0.15) is 5.26 Å². The molecule has 2 aromatic rings. The fraction of sp³-hybridized carbons (Fsp3) is 0.435. The topological polar surface area (TPSA) is 82.4 Å². The third-order valence-electron chi connectivity index (χ3n) is 5.96. The van der Waals surface area contributed by atoms with Crippen LogP contribution in [0.5, 0.6) is 5.75 Å². The van der Waals surface area contributed by atoms with E-state index in [1.165, 1.54) is 21.1 Å². The van der Waals surface area contributed by atoms with Crippen LogP contribution in [0.2, 0.25) is 0 Å². The van der Waals surface area contributed by atoms with Crippen molar-refractivity contribution in [3.8, 4) is 11.8 Å². The molecular weight excluding hydrogens is 398 g/mol. The molecule has 6 nitrogen and oxygen atoms in total. The fourth-order valence-electron chi connectivity index (χ4n) is 4.17. The van der Waals surface area contributed by atoms with Gasteiger partial charge in [0.25, 0.3) is 5.91 Å². The van der Waals surface area contributed by atoms with Crippen LogP contribution in [-0.4, -0.2) is 25.0 Å². The maximum Gasteiger partial charge on any atom is 0.265 e. The first-order valence-corrected chi connectivity index (χ1v) is 11.0. The number of ether oxygens (including phenoxy) is 1. The summed E-state index contributed by atoms with van der Waals surface area (Å²) >= 11 is 1.50. The fourth-order valence-corrected chi connectivity index (χ4v) is 5.46. The average molecular weight is 424 g/mol. The third kappa shape index (κ3) is 3.80. The van der Waals surface area contributed by atoms with Crippen molar-refractivity contribution in [3.05, 3.63) is 40.3 Å². The second-order valence-electron chi connectivity index (χ2n) is 8.91. The number of nitrogens with one attached hydrogen (secondary N) is 1. The molecule has 4 rings (SSSR count). The molecule has 1 aliphatic carbocycles. The van der Waals surface area contributed by atoms with Crippen LogP contribution in [-0.2, 0) is 22.4 Å². The van der Waals surface area contributed by atoms with Gasteiger partial charge in [0, 0.05) is 4.88 Å². The van der Waals surface area contributed by atoms with Gasteiger partial charge in [0.1, 0.15) is 23.4 Å². The van der Waals surface area contributed by atoms with E-state index in [-0.39, 0.29) is 30.4 Å². The van der Waals surface area contributed by atoms with E-state index >= 15 is 0 Å². The number of carbonyl (C=O) groups excluding carboxylic acids is 2. The van der Waals surface area contributed by atoms with Crippen molar-refractivity contribution in [2.24, 2.45) is 11.3 Å². The van der Waals surface area contributed by atoms with Crippen LogP contribution in [0.3, 0.4) is 0 Å². The van der Waals surface area contributed by atoms with Crippen molar-refractivity contribution in [1.29, 1.82) is 5.26 Å². The molecule has 2 amide bonds. The van der Waals surface area contributed by atoms with E-state index in [0.717, 1.165) is 24.8 Å². The SMILES string of the molecule is CC(C)(C)[C@H]1CCc2c(sc(NC(=O)CN3C(=O)COc4ccccc43)c2C#N)C1. The van der Waals surface area contributed by atoms with Crippen molar-refractivity contribution >= 4 is 33.8 Å². The Kier molecular flexibility index (Phi) is 5.29. The molecule has 156 valence electrons. The minimum absolute atomic E-state index is 0.0881. The van der Waals surface area contributed by atoms with E-state index in [1.807, 2.05) is 6.07 Å². The first-order chi connectivity index (χ1) is 14.3. The van der Waals surface area contributed by atoms with E-state index in [2.05, 4.69) is 32.2 Å². The van der Waals surface area contributed by atoms with E-state index in [9.17, 15) is 14.9 Å². The lowest BCUT2D eigenvalue weighted by atomic mass is 9.72. The van der Waals surface area contributed by atoms with Gasteiger partial charge < -0.3 is 10.1 Å². The number of para-hydroxylation sites is 2. The molecule has 1 atom stereocenters. The maximum atomic E-state index is 12.8. The molecule has 2 heterocycles. The Morgan fingerprint density at radius 3 is 2.87 bits per heavy atom. The summed E-state index contributed by atoms with van der Waals surface area (Å²) in [6, 6.07) is 9.45. The van der Waals surface area contributed by atoms with Gasteiger partial charge in [-0.25, -0.2) is 0 Å². The zero-order chi connectivity index (χ0) is 21.5. The van der Waals surface area contributed by atoms with Crippen LogP contribution >= 0.6 is 11.3 Å². The zero-order valence-corrected chi connectivity index (χ0v) is 18.3. The van der Waals surface area contributed by atoms with Crippen LogP contribution in [0.1, 0.15) is 43.2 Å². The predicted octanol–water partition coefficient (Wildman–Crippen LogP) is 4.13. The number of thiophene rings is 1. The molecular formula is C23H25N3O3S. The average Bonchev–Trinajstić information content (AvgIpc) is 3.05. The second-order valence-corrected chi connectivity index (χ2v) is 10.0. The van der Waals surface area contributed by atoms with Crippen molar-refractivity contribution in [1.82, 2.24) is 0 Å². The molecule has 1 aliphatic heterocycles. The number of hydrogen-bond acceptors (Lipinski definition) is 5. The Balaban J connectivity index is 1.53. The van der Waals surface area contributed by atoms with E-state index in [4.69, 9.17) is 4.74 Å². The van der Waals surface area contributed by atoms with Gasteiger partial charge in [-0.3, -0.25) is 14.5 Å². The second kappa shape index (κ2) is 7.77. The standard InChI is InChI=1S/C23H25N3O3S/c1-23(2,3)14-8-9-15-16(11-24)22(30-19(15)10-14)25-20(27)12-26-17-6-4-5-7-18(17)29-13-21(26)28/h4-7,14H,8-10,12-13H2,1-3H3,(H,25,27)/t14-/m0/s1. The van der Waals surface area contributed by atoms with Gasteiger partial charge in [0.15, 0.2) is 6.61 Å². The highest BCUT2D eigenvalue weighted by Crippen LogP contribution is 2.44. The number of nitriles is 1. The van der Waals surface area contributed by atoms with Crippen LogP contribution in [0.4, 0.5) is 10.7 Å². The Labute approximate surface area is 180 Å². The molecule has 1 N–H and O–H groups in total. The molecule has 1 aromatic carbocycles. The Hall–Kier alpha value is -2.85. The number of benzene rings is 1. The van der Waals surface area contributed by atoms with E-state index in [1.54, 1.807) is 18.2 Å². The quantitative estimate of drug-likeness (QED) is 0.805. The highest BCUT2D eigenvalue weighted by atomic mass is 32.1. The summed E-state index contributed by atoms with van der Waals surface area (Å²) < 4.78 is 5.43.